The highest BCUT2D eigenvalue weighted by Gasteiger charge is 2.25. The second-order valence-electron chi connectivity index (χ2n) is 6.24. The molecule has 1 aromatic rings. The first-order valence-electron chi connectivity index (χ1n) is 8.01. The molecule has 0 spiro atoms. The summed E-state index contributed by atoms with van der Waals surface area (Å²) in [6.45, 7) is 5.63. The number of pyridine rings is 1. The molecule has 0 aromatic carbocycles. The van der Waals surface area contributed by atoms with Gasteiger partial charge in [-0.1, -0.05) is 0 Å². The number of nitrogens with zero attached hydrogens (tertiary/aromatic N) is 3. The number of aromatic nitrogens is 1. The Morgan fingerprint density at radius 3 is 2.67 bits per heavy atom. The van der Waals surface area contributed by atoms with E-state index in [0.29, 0.717) is 6.04 Å². The predicted octanol–water partition coefficient (Wildman–Crippen LogP) is 2.32. The first-order valence-corrected chi connectivity index (χ1v) is 8.01. The third-order valence-corrected chi connectivity index (χ3v) is 4.56. The molecular weight excluding hydrogens is 353 g/mol. The van der Waals surface area contributed by atoms with Gasteiger partial charge in [0.1, 0.15) is 12.0 Å². The van der Waals surface area contributed by atoms with Gasteiger partial charge in [-0.3, -0.25) is 10.1 Å². The summed E-state index contributed by atoms with van der Waals surface area (Å²) in [5, 5.41) is 17.4. The Balaban J connectivity index is 0.00000144. The van der Waals surface area contributed by atoms with Crippen LogP contribution in [0, 0.1) is 16.0 Å². The Kier molecular flexibility index (Phi) is 8.69. The van der Waals surface area contributed by atoms with Crippen LogP contribution in [-0.2, 0) is 0 Å². The van der Waals surface area contributed by atoms with Gasteiger partial charge in [-0.25, -0.2) is 4.98 Å². The Morgan fingerprint density at radius 2 is 2.04 bits per heavy atom. The maximum absolute atomic E-state index is 10.6. The van der Waals surface area contributed by atoms with Crippen molar-refractivity contribution in [1.82, 2.24) is 15.2 Å². The van der Waals surface area contributed by atoms with Gasteiger partial charge >= 0.3 is 0 Å². The molecule has 0 amide bonds. The van der Waals surface area contributed by atoms with Crippen molar-refractivity contribution in [3.63, 3.8) is 0 Å². The number of anilines is 1. The molecule has 3 rings (SSSR count). The van der Waals surface area contributed by atoms with Crippen molar-refractivity contribution in [2.45, 2.75) is 25.3 Å². The first-order chi connectivity index (χ1) is 10.7. The SMILES string of the molecule is Cl.Cl.O=[N+]([O-])c1ccc(NC2CCN(CC3CCNCC3)C2)nc1. The highest BCUT2D eigenvalue weighted by atomic mass is 35.5. The minimum atomic E-state index is -0.423. The van der Waals surface area contributed by atoms with E-state index >= 15 is 0 Å². The smallest absolute Gasteiger partial charge is 0.287 e. The number of hydrogen-bond acceptors (Lipinski definition) is 6. The first kappa shape index (κ1) is 20.9. The molecule has 136 valence electrons. The van der Waals surface area contributed by atoms with Gasteiger partial charge in [0.15, 0.2) is 0 Å². The summed E-state index contributed by atoms with van der Waals surface area (Å²) in [6.07, 6.45) is 4.96. The van der Waals surface area contributed by atoms with Crippen LogP contribution in [0.15, 0.2) is 18.3 Å². The minimum Gasteiger partial charge on any atom is -0.366 e. The monoisotopic (exact) mass is 377 g/mol. The van der Waals surface area contributed by atoms with Crippen molar-refractivity contribution in [2.75, 3.05) is 38.0 Å². The molecule has 0 aliphatic carbocycles. The average molecular weight is 378 g/mol. The van der Waals surface area contributed by atoms with Crippen LogP contribution in [0.5, 0.6) is 0 Å². The summed E-state index contributed by atoms with van der Waals surface area (Å²) < 4.78 is 0. The molecule has 2 N–H and O–H groups in total. The maximum Gasteiger partial charge on any atom is 0.287 e. The molecule has 0 saturated carbocycles. The second kappa shape index (κ2) is 9.98. The van der Waals surface area contributed by atoms with Crippen molar-refractivity contribution in [1.29, 1.82) is 0 Å². The standard InChI is InChI=1S/C15H23N5O2.2ClH/c21-20(22)14-1-2-15(17-9-14)18-13-5-8-19(11-13)10-12-3-6-16-7-4-12;;/h1-2,9,12-13,16H,3-8,10-11H2,(H,17,18);2*1H. The predicted molar refractivity (Wildman–Crippen MR) is 99.4 cm³/mol. The van der Waals surface area contributed by atoms with Gasteiger partial charge in [0.25, 0.3) is 5.69 Å². The van der Waals surface area contributed by atoms with E-state index in [0.717, 1.165) is 44.3 Å². The summed E-state index contributed by atoms with van der Waals surface area (Å²) in [5.41, 5.74) is 0.0320. The quantitative estimate of drug-likeness (QED) is 0.605. The van der Waals surface area contributed by atoms with Crippen molar-refractivity contribution < 1.29 is 4.92 Å². The van der Waals surface area contributed by atoms with Gasteiger partial charge < -0.3 is 15.5 Å². The summed E-state index contributed by atoms with van der Waals surface area (Å²) in [5.74, 6) is 1.54. The second-order valence-corrected chi connectivity index (χ2v) is 6.24. The summed E-state index contributed by atoms with van der Waals surface area (Å²) in [4.78, 5) is 16.9. The van der Waals surface area contributed by atoms with E-state index in [4.69, 9.17) is 0 Å². The zero-order chi connectivity index (χ0) is 15.4. The molecule has 0 bridgehead atoms. The van der Waals surface area contributed by atoms with Crippen LogP contribution in [0.3, 0.4) is 0 Å². The van der Waals surface area contributed by atoms with Crippen LogP contribution in [0.1, 0.15) is 19.3 Å². The number of piperidine rings is 1. The molecule has 7 nitrogen and oxygen atoms in total. The summed E-state index contributed by atoms with van der Waals surface area (Å²) in [7, 11) is 0. The van der Waals surface area contributed by atoms with Crippen LogP contribution in [0.4, 0.5) is 11.5 Å². The van der Waals surface area contributed by atoms with E-state index in [2.05, 4.69) is 20.5 Å². The average Bonchev–Trinajstić information content (AvgIpc) is 2.96. The molecule has 1 unspecified atom stereocenters. The van der Waals surface area contributed by atoms with Crippen molar-refractivity contribution in [3.05, 3.63) is 28.4 Å². The fraction of sp³-hybridized carbons (Fsp3) is 0.667. The van der Waals surface area contributed by atoms with Crippen LogP contribution in [-0.4, -0.2) is 53.6 Å². The van der Waals surface area contributed by atoms with Gasteiger partial charge in [-0.2, -0.15) is 0 Å². The van der Waals surface area contributed by atoms with E-state index in [9.17, 15) is 10.1 Å². The Bertz CT molecular complexity index is 511. The van der Waals surface area contributed by atoms with E-state index in [-0.39, 0.29) is 30.5 Å². The lowest BCUT2D eigenvalue weighted by atomic mass is 9.98. The molecule has 2 saturated heterocycles. The summed E-state index contributed by atoms with van der Waals surface area (Å²) >= 11 is 0. The molecule has 0 radical (unpaired) electrons. The highest BCUT2D eigenvalue weighted by molar-refractivity contribution is 5.85. The minimum absolute atomic E-state index is 0. The molecular formula is C15H25Cl2N5O2. The lowest BCUT2D eigenvalue weighted by Gasteiger charge is -2.27. The van der Waals surface area contributed by atoms with Crippen LogP contribution in [0.25, 0.3) is 0 Å². The molecule has 2 aliphatic heterocycles. The van der Waals surface area contributed by atoms with E-state index in [1.807, 2.05) is 0 Å². The molecule has 3 heterocycles. The van der Waals surface area contributed by atoms with Gasteiger partial charge in [0.2, 0.25) is 0 Å². The number of rotatable bonds is 5. The topological polar surface area (TPSA) is 83.3 Å². The van der Waals surface area contributed by atoms with Gasteiger partial charge in [0.05, 0.1) is 4.92 Å². The largest absolute Gasteiger partial charge is 0.366 e. The third-order valence-electron chi connectivity index (χ3n) is 4.56. The number of likely N-dealkylation sites (tertiary alicyclic amines) is 1. The molecule has 1 atom stereocenters. The molecule has 2 aliphatic rings. The Morgan fingerprint density at radius 1 is 1.29 bits per heavy atom. The normalized spacial score (nSPS) is 21.6. The molecule has 2 fully saturated rings. The van der Waals surface area contributed by atoms with Gasteiger partial charge in [0, 0.05) is 31.7 Å². The van der Waals surface area contributed by atoms with Gasteiger partial charge in [-0.05, 0) is 44.3 Å². The number of halogens is 2. The van der Waals surface area contributed by atoms with E-state index in [1.54, 1.807) is 6.07 Å². The van der Waals surface area contributed by atoms with Crippen LogP contribution >= 0.6 is 24.8 Å². The maximum atomic E-state index is 10.6. The zero-order valence-electron chi connectivity index (χ0n) is 13.5. The van der Waals surface area contributed by atoms with Crippen LogP contribution < -0.4 is 10.6 Å². The van der Waals surface area contributed by atoms with Crippen molar-refractivity contribution in [3.8, 4) is 0 Å². The van der Waals surface area contributed by atoms with Crippen molar-refractivity contribution >= 4 is 36.3 Å². The Labute approximate surface area is 154 Å². The fourth-order valence-corrected chi connectivity index (χ4v) is 3.33. The zero-order valence-corrected chi connectivity index (χ0v) is 15.2. The summed E-state index contributed by atoms with van der Waals surface area (Å²) in [6, 6.07) is 3.57. The lowest BCUT2D eigenvalue weighted by molar-refractivity contribution is -0.385. The highest BCUT2D eigenvalue weighted by Crippen LogP contribution is 2.20. The molecule has 24 heavy (non-hydrogen) atoms. The third kappa shape index (κ3) is 5.73. The van der Waals surface area contributed by atoms with E-state index < -0.39 is 4.92 Å². The number of hydrogen-bond donors (Lipinski definition) is 2. The van der Waals surface area contributed by atoms with Crippen LogP contribution in [0.2, 0.25) is 0 Å². The molecule has 9 heteroatoms. The van der Waals surface area contributed by atoms with Gasteiger partial charge in [-0.15, -0.1) is 24.8 Å². The number of nitrogens with one attached hydrogen (secondary N) is 2. The van der Waals surface area contributed by atoms with Crippen molar-refractivity contribution in [2.24, 2.45) is 5.92 Å². The lowest BCUT2D eigenvalue weighted by Crippen LogP contribution is -2.36. The van der Waals surface area contributed by atoms with E-state index in [1.165, 1.54) is 31.6 Å². The Hall–Kier alpha value is -1.15. The molecule has 1 aromatic heterocycles. The fourth-order valence-electron chi connectivity index (χ4n) is 3.33. The number of nitro groups is 1.